The third-order valence-corrected chi connectivity index (χ3v) is 3.27. The molecule has 0 bridgehead atoms. The first kappa shape index (κ1) is 15.8. The Labute approximate surface area is 113 Å². The molecule has 0 radical (unpaired) electrons. The molecule has 1 saturated carbocycles. The summed E-state index contributed by atoms with van der Waals surface area (Å²) in [6.45, 7) is 5.43. The van der Waals surface area contributed by atoms with E-state index in [0.717, 1.165) is 0 Å². The first-order valence-corrected chi connectivity index (χ1v) is 6.62. The van der Waals surface area contributed by atoms with E-state index in [-0.39, 0.29) is 18.0 Å². The van der Waals surface area contributed by atoms with Crippen molar-refractivity contribution in [3.05, 3.63) is 0 Å². The number of rotatable bonds is 3. The minimum absolute atomic E-state index is 0.0395. The molecule has 6 heteroatoms. The molecule has 1 aliphatic carbocycles. The third-order valence-electron chi connectivity index (χ3n) is 3.27. The summed E-state index contributed by atoms with van der Waals surface area (Å²) in [6, 6.07) is -0.127. The minimum atomic E-state index is -0.768. The molecule has 1 aliphatic rings. The van der Waals surface area contributed by atoms with E-state index in [0.29, 0.717) is 19.3 Å². The molecule has 0 heterocycles. The average molecular weight is 272 g/mol. The van der Waals surface area contributed by atoms with Gasteiger partial charge in [0.15, 0.2) is 0 Å². The molecule has 0 saturated heterocycles. The summed E-state index contributed by atoms with van der Waals surface area (Å²) in [7, 11) is 1.78. The van der Waals surface area contributed by atoms with Crippen molar-refractivity contribution in [2.75, 3.05) is 7.05 Å². The molecule has 0 spiro atoms. The van der Waals surface area contributed by atoms with E-state index in [4.69, 9.17) is 9.84 Å². The maximum absolute atomic E-state index is 11.7. The molecule has 3 atom stereocenters. The molecule has 1 fully saturated rings. The van der Waals surface area contributed by atoms with E-state index in [1.165, 1.54) is 0 Å². The van der Waals surface area contributed by atoms with Crippen LogP contribution in [0.5, 0.6) is 0 Å². The van der Waals surface area contributed by atoms with Crippen LogP contribution in [0.2, 0.25) is 0 Å². The average Bonchev–Trinajstić information content (AvgIpc) is 2.26. The lowest BCUT2D eigenvalue weighted by Gasteiger charge is -2.35. The van der Waals surface area contributed by atoms with Crippen LogP contribution in [0, 0.1) is 5.92 Å². The van der Waals surface area contributed by atoms with E-state index in [2.05, 4.69) is 10.6 Å². The van der Waals surface area contributed by atoms with Crippen molar-refractivity contribution in [3.63, 3.8) is 0 Å². The lowest BCUT2D eigenvalue weighted by Crippen LogP contribution is -2.53. The number of alkyl carbamates (subject to hydrolysis) is 1. The monoisotopic (exact) mass is 272 g/mol. The number of carbonyl (C=O) groups is 2. The Kier molecular flexibility index (Phi) is 5.17. The van der Waals surface area contributed by atoms with Gasteiger partial charge in [-0.15, -0.1) is 0 Å². The van der Waals surface area contributed by atoms with Gasteiger partial charge in [-0.1, -0.05) is 0 Å². The molecular formula is C13H24N2O4. The first-order chi connectivity index (χ1) is 8.73. The highest BCUT2D eigenvalue weighted by atomic mass is 16.6. The summed E-state index contributed by atoms with van der Waals surface area (Å²) in [5.41, 5.74) is -0.530. The number of aliphatic carboxylic acids is 1. The summed E-state index contributed by atoms with van der Waals surface area (Å²) in [5.74, 6) is -1.11. The molecule has 110 valence electrons. The molecule has 6 nitrogen and oxygen atoms in total. The summed E-state index contributed by atoms with van der Waals surface area (Å²) < 4.78 is 5.21. The summed E-state index contributed by atoms with van der Waals surface area (Å²) in [6.07, 6.45) is 1.29. The Hall–Kier alpha value is -1.30. The van der Waals surface area contributed by atoms with Crippen LogP contribution < -0.4 is 10.6 Å². The number of carboxylic acid groups (broad SMARTS) is 1. The van der Waals surface area contributed by atoms with Gasteiger partial charge in [-0.3, -0.25) is 4.79 Å². The fourth-order valence-corrected chi connectivity index (χ4v) is 2.35. The maximum Gasteiger partial charge on any atom is 0.407 e. The number of likely N-dealkylation sites (N-methyl/N-ethyl adjacent to an activating group) is 1. The van der Waals surface area contributed by atoms with E-state index < -0.39 is 17.7 Å². The van der Waals surface area contributed by atoms with Crippen molar-refractivity contribution < 1.29 is 19.4 Å². The maximum atomic E-state index is 11.7. The van der Waals surface area contributed by atoms with Crippen molar-refractivity contribution in [1.82, 2.24) is 10.6 Å². The van der Waals surface area contributed by atoms with Gasteiger partial charge in [0, 0.05) is 12.1 Å². The summed E-state index contributed by atoms with van der Waals surface area (Å²) in [4.78, 5) is 22.7. The van der Waals surface area contributed by atoms with Gasteiger partial charge in [0.2, 0.25) is 0 Å². The van der Waals surface area contributed by atoms with Crippen LogP contribution in [0.3, 0.4) is 0 Å². The van der Waals surface area contributed by atoms with Crippen LogP contribution in [0.25, 0.3) is 0 Å². The number of carboxylic acids is 1. The molecule has 0 aromatic carbocycles. The van der Waals surface area contributed by atoms with E-state index in [1.54, 1.807) is 7.05 Å². The predicted octanol–water partition coefficient (Wildman–Crippen LogP) is 1.35. The normalized spacial score (nSPS) is 27.7. The van der Waals surface area contributed by atoms with Crippen molar-refractivity contribution in [2.45, 2.75) is 57.7 Å². The molecule has 0 aromatic rings. The van der Waals surface area contributed by atoms with E-state index in [9.17, 15) is 9.59 Å². The van der Waals surface area contributed by atoms with E-state index in [1.807, 2.05) is 20.8 Å². The fourth-order valence-electron chi connectivity index (χ4n) is 2.35. The second kappa shape index (κ2) is 6.23. The highest BCUT2D eigenvalue weighted by Gasteiger charge is 2.34. The first-order valence-electron chi connectivity index (χ1n) is 6.62. The quantitative estimate of drug-likeness (QED) is 0.722. The molecule has 0 aromatic heterocycles. The highest BCUT2D eigenvalue weighted by molar-refractivity contribution is 5.71. The predicted molar refractivity (Wildman–Crippen MR) is 71.0 cm³/mol. The van der Waals surface area contributed by atoms with Gasteiger partial charge >= 0.3 is 12.1 Å². The van der Waals surface area contributed by atoms with Gasteiger partial charge in [0.1, 0.15) is 5.60 Å². The third kappa shape index (κ3) is 5.06. The van der Waals surface area contributed by atoms with Gasteiger partial charge in [-0.25, -0.2) is 4.79 Å². The Balaban J connectivity index is 2.54. The zero-order valence-electron chi connectivity index (χ0n) is 12.0. The zero-order chi connectivity index (χ0) is 14.6. The second-order valence-corrected chi connectivity index (χ2v) is 6.00. The molecule has 3 N–H and O–H groups in total. The highest BCUT2D eigenvalue weighted by Crippen LogP contribution is 2.25. The number of hydrogen-bond acceptors (Lipinski definition) is 4. The standard InChI is InChI=1S/C13H24N2O4/c1-13(2,3)19-12(18)15-9-6-5-8(11(16)17)7-10(9)14-4/h8-10,14H,5-7H2,1-4H3,(H,15,18)(H,16,17)/t8-,9+,10-/m1/s1. The van der Waals surface area contributed by atoms with Crippen LogP contribution in [-0.4, -0.2) is 41.9 Å². The van der Waals surface area contributed by atoms with Gasteiger partial charge in [-0.2, -0.15) is 0 Å². The Morgan fingerprint density at radius 1 is 1.21 bits per heavy atom. The van der Waals surface area contributed by atoms with Crippen LogP contribution in [0.4, 0.5) is 4.79 Å². The van der Waals surface area contributed by atoms with E-state index >= 15 is 0 Å². The van der Waals surface area contributed by atoms with Gasteiger partial charge in [0.25, 0.3) is 0 Å². The van der Waals surface area contributed by atoms with Crippen LogP contribution in [0.1, 0.15) is 40.0 Å². The number of amides is 1. The van der Waals surface area contributed by atoms with Crippen LogP contribution >= 0.6 is 0 Å². The molecule has 1 amide bonds. The second-order valence-electron chi connectivity index (χ2n) is 6.00. The van der Waals surface area contributed by atoms with Crippen LogP contribution in [0.15, 0.2) is 0 Å². The number of ether oxygens (including phenoxy) is 1. The lowest BCUT2D eigenvalue weighted by molar-refractivity contribution is -0.143. The van der Waals surface area contributed by atoms with Gasteiger partial charge in [-0.05, 0) is 47.1 Å². The number of nitrogens with one attached hydrogen (secondary N) is 2. The smallest absolute Gasteiger partial charge is 0.407 e. The van der Waals surface area contributed by atoms with Crippen molar-refractivity contribution >= 4 is 12.1 Å². The Bertz CT molecular complexity index is 338. The zero-order valence-corrected chi connectivity index (χ0v) is 12.0. The minimum Gasteiger partial charge on any atom is -0.481 e. The molecule has 0 unspecified atom stereocenters. The summed E-state index contributed by atoms with van der Waals surface area (Å²) in [5, 5.41) is 14.9. The Morgan fingerprint density at radius 3 is 2.32 bits per heavy atom. The van der Waals surface area contributed by atoms with Crippen molar-refractivity contribution in [1.29, 1.82) is 0 Å². The largest absolute Gasteiger partial charge is 0.481 e. The van der Waals surface area contributed by atoms with Crippen LogP contribution in [-0.2, 0) is 9.53 Å². The SMILES string of the molecule is CN[C@@H]1C[C@H](C(=O)O)CC[C@@H]1NC(=O)OC(C)(C)C. The Morgan fingerprint density at radius 2 is 1.84 bits per heavy atom. The number of hydrogen-bond donors (Lipinski definition) is 3. The number of carbonyl (C=O) groups excluding carboxylic acids is 1. The molecular weight excluding hydrogens is 248 g/mol. The van der Waals surface area contributed by atoms with Crippen molar-refractivity contribution in [3.8, 4) is 0 Å². The molecule has 1 rings (SSSR count). The van der Waals surface area contributed by atoms with Gasteiger partial charge < -0.3 is 20.5 Å². The summed E-state index contributed by atoms with van der Waals surface area (Å²) >= 11 is 0. The van der Waals surface area contributed by atoms with Crippen molar-refractivity contribution in [2.24, 2.45) is 5.92 Å². The molecule has 0 aliphatic heterocycles. The molecule has 19 heavy (non-hydrogen) atoms. The topological polar surface area (TPSA) is 87.7 Å². The fraction of sp³-hybridized carbons (Fsp3) is 0.846. The van der Waals surface area contributed by atoms with Gasteiger partial charge in [0.05, 0.1) is 5.92 Å². The lowest BCUT2D eigenvalue weighted by atomic mass is 9.82.